The second-order valence-corrected chi connectivity index (χ2v) is 4.67. The van der Waals surface area contributed by atoms with Crippen molar-refractivity contribution < 1.29 is 0 Å². The molecule has 3 heteroatoms. The van der Waals surface area contributed by atoms with E-state index in [1.807, 2.05) is 24.4 Å². The van der Waals surface area contributed by atoms with Gasteiger partial charge in [-0.15, -0.1) is 12.6 Å². The third-order valence-electron chi connectivity index (χ3n) is 2.42. The van der Waals surface area contributed by atoms with Crippen LogP contribution in [-0.4, -0.2) is 17.2 Å². The first-order valence-corrected chi connectivity index (χ1v) is 6.12. The molecule has 1 aromatic heterocycles. The monoisotopic (exact) mass is 244 g/mol. The summed E-state index contributed by atoms with van der Waals surface area (Å²) >= 11 is 4.42. The maximum absolute atomic E-state index is 4.42. The maximum Gasteiger partial charge on any atom is 0.0784 e. The highest BCUT2D eigenvalue weighted by Crippen LogP contribution is 2.22. The molecule has 0 aliphatic heterocycles. The lowest BCUT2D eigenvalue weighted by Crippen LogP contribution is -1.89. The molecule has 88 valence electrons. The van der Waals surface area contributed by atoms with Gasteiger partial charge in [-0.3, -0.25) is 4.99 Å². The molecule has 0 radical (unpaired) electrons. The van der Waals surface area contributed by atoms with Crippen molar-refractivity contribution in [3.63, 3.8) is 0 Å². The SMILES string of the molecule is CC(C)N=Cc1cc(-c2ccccc2)[nH]c1S. The van der Waals surface area contributed by atoms with E-state index in [1.165, 1.54) is 0 Å². The maximum atomic E-state index is 4.42. The van der Waals surface area contributed by atoms with Gasteiger partial charge in [-0.25, -0.2) is 0 Å². The van der Waals surface area contributed by atoms with Crippen LogP contribution >= 0.6 is 12.6 Å². The van der Waals surface area contributed by atoms with Gasteiger partial charge in [0.1, 0.15) is 0 Å². The zero-order valence-corrected chi connectivity index (χ0v) is 10.9. The predicted octanol–water partition coefficient (Wildman–Crippen LogP) is 3.80. The summed E-state index contributed by atoms with van der Waals surface area (Å²) in [4.78, 5) is 7.63. The number of aromatic nitrogens is 1. The summed E-state index contributed by atoms with van der Waals surface area (Å²) in [6, 6.07) is 12.6. The molecule has 2 aromatic rings. The van der Waals surface area contributed by atoms with Gasteiger partial charge in [0.2, 0.25) is 0 Å². The third kappa shape index (κ3) is 3.01. The Morgan fingerprint density at radius 3 is 2.59 bits per heavy atom. The molecule has 0 unspecified atom stereocenters. The number of thiol groups is 1. The second-order valence-electron chi connectivity index (χ2n) is 4.22. The van der Waals surface area contributed by atoms with Crippen molar-refractivity contribution in [1.29, 1.82) is 0 Å². The average Bonchev–Trinajstić information content (AvgIpc) is 2.69. The lowest BCUT2D eigenvalue weighted by molar-refractivity contribution is 0.841. The summed E-state index contributed by atoms with van der Waals surface area (Å²) < 4.78 is 0. The van der Waals surface area contributed by atoms with Crippen LogP contribution in [-0.2, 0) is 0 Å². The molecule has 2 nitrogen and oxygen atoms in total. The Kier molecular flexibility index (Phi) is 3.69. The van der Waals surface area contributed by atoms with Gasteiger partial charge >= 0.3 is 0 Å². The molecule has 1 heterocycles. The molecular formula is C14H16N2S. The minimum atomic E-state index is 0.304. The van der Waals surface area contributed by atoms with Crippen LogP contribution in [0.1, 0.15) is 19.4 Å². The summed E-state index contributed by atoms with van der Waals surface area (Å²) in [6.45, 7) is 4.11. The van der Waals surface area contributed by atoms with Crippen molar-refractivity contribution in [2.45, 2.75) is 24.9 Å². The standard InChI is InChI=1S/C14H16N2S/c1-10(2)15-9-12-8-13(16-14(12)17)11-6-4-3-5-7-11/h3-10,16-17H,1-2H3. The molecule has 0 aliphatic carbocycles. The van der Waals surface area contributed by atoms with Crippen molar-refractivity contribution >= 4 is 18.8 Å². The van der Waals surface area contributed by atoms with Crippen LogP contribution in [0.4, 0.5) is 0 Å². The van der Waals surface area contributed by atoms with Gasteiger partial charge in [0.15, 0.2) is 0 Å². The molecule has 1 aromatic carbocycles. The molecule has 0 fully saturated rings. The topological polar surface area (TPSA) is 28.1 Å². The van der Waals surface area contributed by atoms with E-state index in [0.29, 0.717) is 6.04 Å². The highest BCUT2D eigenvalue weighted by molar-refractivity contribution is 7.80. The molecule has 0 atom stereocenters. The predicted molar refractivity (Wildman–Crippen MR) is 76.2 cm³/mol. The quantitative estimate of drug-likeness (QED) is 0.607. The Morgan fingerprint density at radius 2 is 1.94 bits per heavy atom. The molecule has 1 N–H and O–H groups in total. The molecule has 0 saturated carbocycles. The Labute approximate surface area is 107 Å². The Hall–Kier alpha value is -1.48. The van der Waals surface area contributed by atoms with Gasteiger partial charge in [-0.1, -0.05) is 30.3 Å². The minimum absolute atomic E-state index is 0.304. The van der Waals surface area contributed by atoms with Crippen molar-refractivity contribution in [2.75, 3.05) is 0 Å². The second kappa shape index (κ2) is 5.23. The van der Waals surface area contributed by atoms with Crippen LogP contribution in [0.5, 0.6) is 0 Å². The smallest absolute Gasteiger partial charge is 0.0784 e. The van der Waals surface area contributed by atoms with E-state index in [4.69, 9.17) is 0 Å². The first kappa shape index (κ1) is 12.0. The van der Waals surface area contributed by atoms with Crippen molar-refractivity contribution in [3.05, 3.63) is 42.0 Å². The molecule has 0 spiro atoms. The van der Waals surface area contributed by atoms with Crippen LogP contribution in [0.2, 0.25) is 0 Å². The van der Waals surface area contributed by atoms with Gasteiger partial charge in [0.05, 0.1) is 5.03 Å². The number of nitrogens with zero attached hydrogens (tertiary/aromatic N) is 1. The van der Waals surface area contributed by atoms with E-state index in [-0.39, 0.29) is 0 Å². The molecule has 17 heavy (non-hydrogen) atoms. The van der Waals surface area contributed by atoms with Gasteiger partial charge in [0, 0.05) is 23.5 Å². The zero-order valence-electron chi connectivity index (χ0n) is 10.0. The fourth-order valence-electron chi connectivity index (χ4n) is 1.56. The number of nitrogens with one attached hydrogen (secondary N) is 1. The summed E-state index contributed by atoms with van der Waals surface area (Å²) in [7, 11) is 0. The molecule has 0 amide bonds. The number of benzene rings is 1. The summed E-state index contributed by atoms with van der Waals surface area (Å²) in [5.41, 5.74) is 3.26. The average molecular weight is 244 g/mol. The zero-order chi connectivity index (χ0) is 12.3. The highest BCUT2D eigenvalue weighted by atomic mass is 32.1. The van der Waals surface area contributed by atoms with E-state index in [1.54, 1.807) is 0 Å². The highest BCUT2D eigenvalue weighted by Gasteiger charge is 2.04. The fraction of sp³-hybridized carbons (Fsp3) is 0.214. The fourth-order valence-corrected chi connectivity index (χ4v) is 1.80. The largest absolute Gasteiger partial charge is 0.349 e. The lowest BCUT2D eigenvalue weighted by atomic mass is 10.1. The van der Waals surface area contributed by atoms with Crippen molar-refractivity contribution in [2.24, 2.45) is 4.99 Å². The first-order valence-electron chi connectivity index (χ1n) is 5.67. The summed E-state index contributed by atoms with van der Waals surface area (Å²) in [6.07, 6.45) is 1.87. The van der Waals surface area contributed by atoms with Crippen LogP contribution in [0.15, 0.2) is 46.4 Å². The van der Waals surface area contributed by atoms with Gasteiger partial charge in [-0.2, -0.15) is 0 Å². The van der Waals surface area contributed by atoms with Gasteiger partial charge in [0.25, 0.3) is 0 Å². The number of aromatic amines is 1. The van der Waals surface area contributed by atoms with Gasteiger partial charge in [-0.05, 0) is 25.5 Å². The Bertz CT molecular complexity index is 512. The lowest BCUT2D eigenvalue weighted by Gasteiger charge is -1.95. The summed E-state index contributed by atoms with van der Waals surface area (Å²) in [5, 5.41) is 0.855. The van der Waals surface area contributed by atoms with Crippen LogP contribution in [0.25, 0.3) is 11.3 Å². The molecule has 0 aliphatic rings. The van der Waals surface area contributed by atoms with Crippen LogP contribution in [0.3, 0.4) is 0 Å². The van der Waals surface area contributed by atoms with E-state index in [0.717, 1.165) is 21.8 Å². The number of H-pyrrole nitrogens is 1. The Morgan fingerprint density at radius 1 is 1.24 bits per heavy atom. The Balaban J connectivity index is 2.31. The molecular weight excluding hydrogens is 228 g/mol. The van der Waals surface area contributed by atoms with E-state index in [2.05, 4.69) is 54.7 Å². The van der Waals surface area contributed by atoms with Crippen LogP contribution < -0.4 is 0 Å². The summed E-state index contributed by atoms with van der Waals surface area (Å²) in [5.74, 6) is 0. The molecule has 0 bridgehead atoms. The molecule has 0 saturated heterocycles. The normalized spacial score (nSPS) is 11.5. The third-order valence-corrected chi connectivity index (χ3v) is 2.79. The number of aliphatic imine (C=N–C) groups is 1. The number of hydrogen-bond donors (Lipinski definition) is 2. The number of rotatable bonds is 3. The number of hydrogen-bond acceptors (Lipinski definition) is 2. The van der Waals surface area contributed by atoms with Crippen LogP contribution in [0, 0.1) is 0 Å². The van der Waals surface area contributed by atoms with Crippen molar-refractivity contribution in [1.82, 2.24) is 4.98 Å². The van der Waals surface area contributed by atoms with E-state index >= 15 is 0 Å². The minimum Gasteiger partial charge on any atom is -0.349 e. The van der Waals surface area contributed by atoms with E-state index < -0.39 is 0 Å². The first-order chi connectivity index (χ1) is 8.16. The molecule has 2 rings (SSSR count). The van der Waals surface area contributed by atoms with Crippen molar-refractivity contribution in [3.8, 4) is 11.3 Å². The van der Waals surface area contributed by atoms with Gasteiger partial charge < -0.3 is 4.98 Å². The van der Waals surface area contributed by atoms with E-state index in [9.17, 15) is 0 Å².